The van der Waals surface area contributed by atoms with Gasteiger partial charge in [-0.25, -0.2) is 9.59 Å². The van der Waals surface area contributed by atoms with Crippen LogP contribution in [0.4, 0.5) is 4.79 Å². The molecule has 0 unspecified atom stereocenters. The van der Waals surface area contributed by atoms with Crippen molar-refractivity contribution >= 4 is 29.2 Å². The normalized spacial score (nSPS) is 14.5. The molecule has 2 aromatic heterocycles. The molecule has 0 saturated carbocycles. The van der Waals surface area contributed by atoms with E-state index in [1.165, 1.54) is 4.88 Å². The van der Waals surface area contributed by atoms with Crippen molar-refractivity contribution in [1.82, 2.24) is 9.88 Å². The second-order valence-corrected chi connectivity index (χ2v) is 7.99. The molecule has 0 spiro atoms. The van der Waals surface area contributed by atoms with Gasteiger partial charge in [-0.2, -0.15) is 0 Å². The summed E-state index contributed by atoms with van der Waals surface area (Å²) < 4.78 is 7.45. The maximum atomic E-state index is 13.1. The third kappa shape index (κ3) is 4.05. The molecule has 7 nitrogen and oxygen atoms in total. The van der Waals surface area contributed by atoms with Gasteiger partial charge in [-0.05, 0) is 49.3 Å². The van der Waals surface area contributed by atoms with Gasteiger partial charge in [0.1, 0.15) is 5.00 Å². The molecular weight excluding hydrogens is 366 g/mol. The van der Waals surface area contributed by atoms with E-state index >= 15 is 0 Å². The van der Waals surface area contributed by atoms with Crippen molar-refractivity contribution in [3.8, 4) is 5.00 Å². The van der Waals surface area contributed by atoms with Gasteiger partial charge in [0.2, 0.25) is 0 Å². The number of hydrogen-bond donors (Lipinski definition) is 2. The highest BCUT2D eigenvalue weighted by Gasteiger charge is 2.32. The minimum Gasteiger partial charge on any atom is -0.448 e. The summed E-state index contributed by atoms with van der Waals surface area (Å²) in [5, 5.41) is 2.80. The van der Waals surface area contributed by atoms with Crippen molar-refractivity contribution in [2.75, 3.05) is 0 Å². The number of amides is 3. The fraction of sp³-hybridized carbons (Fsp3) is 0.421. The van der Waals surface area contributed by atoms with Gasteiger partial charge in [-0.3, -0.25) is 10.1 Å². The SMILES string of the molecule is CC(C)[C@H](OC(=O)c1c(-n2cccc2)sc2c1CCCC2)C(=O)NC(N)=O. The van der Waals surface area contributed by atoms with Gasteiger partial charge in [-0.1, -0.05) is 13.8 Å². The molecule has 0 aliphatic heterocycles. The number of imide groups is 1. The van der Waals surface area contributed by atoms with Gasteiger partial charge in [0, 0.05) is 17.3 Å². The van der Waals surface area contributed by atoms with Gasteiger partial charge < -0.3 is 15.0 Å². The van der Waals surface area contributed by atoms with Crippen LogP contribution in [0.15, 0.2) is 24.5 Å². The Morgan fingerprint density at radius 3 is 2.48 bits per heavy atom. The summed E-state index contributed by atoms with van der Waals surface area (Å²) in [7, 11) is 0. The average Bonchev–Trinajstić information content (AvgIpc) is 3.25. The first-order valence-electron chi connectivity index (χ1n) is 8.97. The van der Waals surface area contributed by atoms with Crippen molar-refractivity contribution in [3.63, 3.8) is 0 Å². The lowest BCUT2D eigenvalue weighted by molar-refractivity contribution is -0.130. The van der Waals surface area contributed by atoms with Crippen molar-refractivity contribution in [1.29, 1.82) is 0 Å². The second-order valence-electron chi connectivity index (χ2n) is 6.90. The number of esters is 1. The predicted octanol–water partition coefficient (Wildman–Crippen LogP) is 2.79. The van der Waals surface area contributed by atoms with Crippen LogP contribution < -0.4 is 11.1 Å². The zero-order chi connectivity index (χ0) is 19.6. The highest BCUT2D eigenvalue weighted by Crippen LogP contribution is 2.37. The Hall–Kier alpha value is -2.61. The van der Waals surface area contributed by atoms with E-state index in [1.807, 2.05) is 34.4 Å². The number of carbonyl (C=O) groups is 3. The minimum atomic E-state index is -1.10. The monoisotopic (exact) mass is 389 g/mol. The number of nitrogens with one attached hydrogen (secondary N) is 1. The van der Waals surface area contributed by atoms with Crippen molar-refractivity contribution in [2.45, 2.75) is 45.6 Å². The number of nitrogens with zero attached hydrogens (tertiary/aromatic N) is 1. The van der Waals surface area contributed by atoms with E-state index in [0.29, 0.717) is 5.56 Å². The number of urea groups is 1. The summed E-state index contributed by atoms with van der Waals surface area (Å²) in [4.78, 5) is 37.5. The van der Waals surface area contributed by atoms with E-state index in [1.54, 1.807) is 25.2 Å². The molecule has 2 aromatic rings. The lowest BCUT2D eigenvalue weighted by Gasteiger charge is -2.21. The number of fused-ring (bicyclic) bond motifs is 1. The number of aromatic nitrogens is 1. The van der Waals surface area contributed by atoms with Crippen molar-refractivity contribution in [2.24, 2.45) is 11.7 Å². The molecule has 0 fully saturated rings. The molecule has 2 heterocycles. The average molecular weight is 389 g/mol. The van der Waals surface area contributed by atoms with Crippen LogP contribution in [0.25, 0.3) is 5.00 Å². The number of rotatable bonds is 5. The molecule has 0 saturated heterocycles. The number of aryl methyl sites for hydroxylation is 1. The molecule has 1 aliphatic carbocycles. The molecule has 3 N–H and O–H groups in total. The van der Waals surface area contributed by atoms with E-state index in [0.717, 1.165) is 36.2 Å². The maximum absolute atomic E-state index is 13.1. The zero-order valence-electron chi connectivity index (χ0n) is 15.4. The number of carbonyl (C=O) groups excluding carboxylic acids is 3. The van der Waals surface area contributed by atoms with E-state index in [-0.39, 0.29) is 5.92 Å². The van der Waals surface area contributed by atoms with E-state index in [4.69, 9.17) is 10.5 Å². The Morgan fingerprint density at radius 2 is 1.85 bits per heavy atom. The standard InChI is InChI=1S/C19H23N3O4S/c1-11(2)15(16(23)21-19(20)25)26-18(24)14-12-7-3-4-8-13(12)27-17(14)22-9-5-6-10-22/h5-6,9-11,15H,3-4,7-8H2,1-2H3,(H3,20,21,23,25)/t15-/m0/s1. The molecule has 1 aliphatic rings. The number of nitrogens with two attached hydrogens (primary N) is 1. The highest BCUT2D eigenvalue weighted by molar-refractivity contribution is 7.15. The third-order valence-electron chi connectivity index (χ3n) is 4.54. The number of thiophene rings is 1. The van der Waals surface area contributed by atoms with Gasteiger partial charge in [0.15, 0.2) is 6.10 Å². The summed E-state index contributed by atoms with van der Waals surface area (Å²) in [5.74, 6) is -1.56. The highest BCUT2D eigenvalue weighted by atomic mass is 32.1. The number of primary amides is 1. The fourth-order valence-electron chi connectivity index (χ4n) is 3.27. The van der Waals surface area contributed by atoms with Gasteiger partial charge in [-0.15, -0.1) is 11.3 Å². The summed E-state index contributed by atoms with van der Waals surface area (Å²) in [6.45, 7) is 3.49. The van der Waals surface area contributed by atoms with Gasteiger partial charge in [0.05, 0.1) is 5.56 Å². The third-order valence-corrected chi connectivity index (χ3v) is 5.85. The first-order valence-corrected chi connectivity index (χ1v) is 9.79. The summed E-state index contributed by atoms with van der Waals surface area (Å²) >= 11 is 1.59. The topological polar surface area (TPSA) is 103 Å². The summed E-state index contributed by atoms with van der Waals surface area (Å²) in [6.07, 6.45) is 6.55. The van der Waals surface area contributed by atoms with Gasteiger partial charge >= 0.3 is 12.0 Å². The molecule has 144 valence electrons. The Labute approximate surface area is 161 Å². The van der Waals surface area contributed by atoms with E-state index in [2.05, 4.69) is 0 Å². The van der Waals surface area contributed by atoms with Crippen LogP contribution in [-0.4, -0.2) is 28.6 Å². The largest absolute Gasteiger partial charge is 0.448 e. The maximum Gasteiger partial charge on any atom is 0.342 e. The van der Waals surface area contributed by atoms with Crippen LogP contribution in [0.3, 0.4) is 0 Å². The molecule has 3 rings (SSSR count). The lowest BCUT2D eigenvalue weighted by Crippen LogP contribution is -2.45. The fourth-order valence-corrected chi connectivity index (χ4v) is 4.62. The minimum absolute atomic E-state index is 0.308. The second kappa shape index (κ2) is 7.96. The van der Waals surface area contributed by atoms with E-state index in [9.17, 15) is 14.4 Å². The van der Waals surface area contributed by atoms with Crippen molar-refractivity contribution in [3.05, 3.63) is 40.5 Å². The van der Waals surface area contributed by atoms with Crippen LogP contribution in [0.1, 0.15) is 47.5 Å². The first-order chi connectivity index (χ1) is 12.9. The van der Waals surface area contributed by atoms with E-state index < -0.39 is 24.0 Å². The molecule has 1 atom stereocenters. The quantitative estimate of drug-likeness (QED) is 0.767. The Bertz CT molecular complexity index is 855. The molecule has 0 aromatic carbocycles. The van der Waals surface area contributed by atoms with Crippen LogP contribution in [0.2, 0.25) is 0 Å². The predicted molar refractivity (Wildman–Crippen MR) is 102 cm³/mol. The molecule has 3 amide bonds. The summed E-state index contributed by atoms with van der Waals surface area (Å²) in [5.41, 5.74) is 6.55. The molecule has 0 radical (unpaired) electrons. The Kier molecular flexibility index (Phi) is 5.65. The molecular formula is C19H23N3O4S. The Balaban J connectivity index is 1.94. The zero-order valence-corrected chi connectivity index (χ0v) is 16.2. The molecule has 8 heteroatoms. The number of ether oxygens (including phenoxy) is 1. The molecule has 0 bridgehead atoms. The smallest absolute Gasteiger partial charge is 0.342 e. The first kappa shape index (κ1) is 19.2. The Morgan fingerprint density at radius 1 is 1.19 bits per heavy atom. The molecule has 27 heavy (non-hydrogen) atoms. The van der Waals surface area contributed by atoms with Crippen molar-refractivity contribution < 1.29 is 19.1 Å². The van der Waals surface area contributed by atoms with Crippen LogP contribution in [0.5, 0.6) is 0 Å². The number of hydrogen-bond acceptors (Lipinski definition) is 5. The lowest BCUT2D eigenvalue weighted by atomic mass is 9.95. The summed E-state index contributed by atoms with van der Waals surface area (Å²) in [6, 6.07) is 2.82. The van der Waals surface area contributed by atoms with Crippen LogP contribution in [-0.2, 0) is 22.4 Å². The van der Waals surface area contributed by atoms with Crippen LogP contribution in [0, 0.1) is 5.92 Å². The van der Waals surface area contributed by atoms with Crippen LogP contribution >= 0.6 is 11.3 Å². The van der Waals surface area contributed by atoms with Gasteiger partial charge in [0.25, 0.3) is 5.91 Å².